The zero-order chi connectivity index (χ0) is 19.8. The number of non-ortho nitro benzene ring substituents is 1. The zero-order valence-electron chi connectivity index (χ0n) is 14.7. The molecule has 0 fully saturated rings. The number of anilines is 2. The van der Waals surface area contributed by atoms with Gasteiger partial charge in [0.05, 0.1) is 4.92 Å². The van der Waals surface area contributed by atoms with Crippen LogP contribution in [0.3, 0.4) is 0 Å². The number of benzene rings is 1. The van der Waals surface area contributed by atoms with Crippen LogP contribution in [0.1, 0.15) is 25.0 Å². The van der Waals surface area contributed by atoms with Gasteiger partial charge in [0.1, 0.15) is 5.82 Å². The van der Waals surface area contributed by atoms with Crippen molar-refractivity contribution in [3.05, 3.63) is 63.9 Å². The van der Waals surface area contributed by atoms with Gasteiger partial charge in [0, 0.05) is 37.7 Å². The van der Waals surface area contributed by atoms with Gasteiger partial charge in [-0.15, -0.1) is 0 Å². The molecular weight excluding hydrogens is 350 g/mol. The molecule has 1 heterocycles. The average Bonchev–Trinajstić information content (AvgIpc) is 2.59. The summed E-state index contributed by atoms with van der Waals surface area (Å²) in [7, 11) is 0. The number of amides is 2. The van der Waals surface area contributed by atoms with E-state index in [1.807, 2.05) is 0 Å². The molecule has 0 spiro atoms. The maximum absolute atomic E-state index is 11.3. The first kappa shape index (κ1) is 19.4. The topological polar surface area (TPSA) is 127 Å². The molecule has 0 aliphatic rings. The molecule has 1 aromatic heterocycles. The highest BCUT2D eigenvalue weighted by Gasteiger charge is 2.07. The Labute approximate surface area is 155 Å². The van der Waals surface area contributed by atoms with Crippen LogP contribution in [-0.2, 0) is 9.59 Å². The molecule has 2 amide bonds. The van der Waals surface area contributed by atoms with Gasteiger partial charge < -0.3 is 5.32 Å². The summed E-state index contributed by atoms with van der Waals surface area (Å²) in [5.41, 5.74) is 1.37. The zero-order valence-corrected chi connectivity index (χ0v) is 14.7. The first-order valence-electron chi connectivity index (χ1n) is 7.86. The largest absolute Gasteiger partial charge is 0.310 e. The van der Waals surface area contributed by atoms with Crippen LogP contribution < -0.4 is 10.6 Å². The molecule has 2 rings (SSSR count). The van der Waals surface area contributed by atoms with Gasteiger partial charge in [-0.05, 0) is 23.8 Å². The monoisotopic (exact) mass is 367 g/mol. The molecule has 9 nitrogen and oxygen atoms in total. The highest BCUT2D eigenvalue weighted by atomic mass is 16.6. The van der Waals surface area contributed by atoms with Crippen molar-refractivity contribution in [1.29, 1.82) is 0 Å². The van der Waals surface area contributed by atoms with E-state index < -0.39 is 4.92 Å². The Morgan fingerprint density at radius 1 is 1.04 bits per heavy atom. The average molecular weight is 367 g/mol. The summed E-state index contributed by atoms with van der Waals surface area (Å²) >= 11 is 0. The molecule has 138 valence electrons. The molecule has 0 saturated heterocycles. The molecule has 0 bridgehead atoms. The number of allylic oxidation sites excluding steroid dienone is 2. The lowest BCUT2D eigenvalue weighted by atomic mass is 10.2. The second-order valence-corrected chi connectivity index (χ2v) is 5.43. The van der Waals surface area contributed by atoms with Crippen molar-refractivity contribution in [3.63, 3.8) is 0 Å². The normalized spacial score (nSPS) is 10.9. The van der Waals surface area contributed by atoms with Crippen molar-refractivity contribution in [1.82, 2.24) is 9.97 Å². The molecule has 0 aliphatic heterocycles. The first-order chi connectivity index (χ1) is 12.8. The Bertz CT molecular complexity index is 920. The second-order valence-electron chi connectivity index (χ2n) is 5.43. The van der Waals surface area contributed by atoms with E-state index in [-0.39, 0.29) is 29.3 Å². The minimum Gasteiger partial charge on any atom is -0.310 e. The highest BCUT2D eigenvalue weighted by Crippen LogP contribution is 2.16. The number of rotatable bonds is 6. The molecule has 0 saturated carbocycles. The molecule has 27 heavy (non-hydrogen) atoms. The van der Waals surface area contributed by atoms with Crippen molar-refractivity contribution < 1.29 is 14.5 Å². The molecule has 1 aromatic carbocycles. The maximum Gasteiger partial charge on any atom is 0.269 e. The van der Waals surface area contributed by atoms with Gasteiger partial charge in [0.15, 0.2) is 0 Å². The van der Waals surface area contributed by atoms with Crippen molar-refractivity contribution in [2.75, 3.05) is 10.6 Å². The SMILES string of the molecule is CC(=O)Nc1ncc(C=CC=Cc2ccc([N+](=O)[O-])cc2)c(NC(C)=O)n1. The molecule has 0 radical (unpaired) electrons. The predicted molar refractivity (Wildman–Crippen MR) is 102 cm³/mol. The lowest BCUT2D eigenvalue weighted by Gasteiger charge is -2.07. The molecule has 0 aliphatic carbocycles. The third-order valence-electron chi connectivity index (χ3n) is 3.18. The third kappa shape index (κ3) is 6.16. The Morgan fingerprint density at radius 3 is 2.26 bits per heavy atom. The molecular formula is C18H17N5O4. The Hall–Kier alpha value is -3.88. The molecule has 2 N–H and O–H groups in total. The smallest absolute Gasteiger partial charge is 0.269 e. The maximum atomic E-state index is 11.3. The standard InChI is InChI=1S/C18H17N5O4/c1-12(24)20-17-15(11-19-18(22-17)21-13(2)25)6-4-3-5-14-7-9-16(10-8-14)23(26)27/h3-11H,1-2H3,(H2,19,20,21,22,24,25). The summed E-state index contributed by atoms with van der Waals surface area (Å²) in [5.74, 6) is -0.275. The lowest BCUT2D eigenvalue weighted by molar-refractivity contribution is -0.384. The second kappa shape index (κ2) is 8.99. The Kier molecular flexibility index (Phi) is 6.48. The molecule has 2 aromatic rings. The van der Waals surface area contributed by atoms with Crippen molar-refractivity contribution in [2.24, 2.45) is 0 Å². The number of carbonyl (C=O) groups excluding carboxylic acids is 2. The number of aromatic nitrogens is 2. The number of hydrogen-bond acceptors (Lipinski definition) is 6. The fraction of sp³-hybridized carbons (Fsp3) is 0.111. The number of nitro groups is 1. The summed E-state index contributed by atoms with van der Waals surface area (Å²) in [6, 6.07) is 6.12. The van der Waals surface area contributed by atoms with Gasteiger partial charge >= 0.3 is 0 Å². The van der Waals surface area contributed by atoms with E-state index in [2.05, 4.69) is 20.6 Å². The third-order valence-corrected chi connectivity index (χ3v) is 3.18. The number of carbonyl (C=O) groups is 2. The van der Waals surface area contributed by atoms with E-state index in [4.69, 9.17) is 0 Å². The number of nitrogens with one attached hydrogen (secondary N) is 2. The summed E-state index contributed by atoms with van der Waals surface area (Å²) in [6.45, 7) is 2.68. The summed E-state index contributed by atoms with van der Waals surface area (Å²) in [5, 5.41) is 15.7. The Morgan fingerprint density at radius 2 is 1.67 bits per heavy atom. The van der Waals surface area contributed by atoms with Crippen LogP contribution in [0.5, 0.6) is 0 Å². The van der Waals surface area contributed by atoms with E-state index in [9.17, 15) is 19.7 Å². The van der Waals surface area contributed by atoms with Gasteiger partial charge in [-0.1, -0.05) is 18.2 Å². The van der Waals surface area contributed by atoms with Crippen LogP contribution >= 0.6 is 0 Å². The van der Waals surface area contributed by atoms with Gasteiger partial charge in [0.2, 0.25) is 17.8 Å². The van der Waals surface area contributed by atoms with Crippen LogP contribution in [-0.4, -0.2) is 26.7 Å². The Balaban J connectivity index is 2.15. The van der Waals surface area contributed by atoms with Crippen molar-refractivity contribution in [2.45, 2.75) is 13.8 Å². The summed E-state index contributed by atoms with van der Waals surface area (Å²) in [6.07, 6.45) is 8.37. The van der Waals surface area contributed by atoms with Crippen LogP contribution in [0.15, 0.2) is 42.6 Å². The van der Waals surface area contributed by atoms with E-state index in [1.54, 1.807) is 36.4 Å². The minimum atomic E-state index is -0.457. The molecule has 0 unspecified atom stereocenters. The lowest BCUT2D eigenvalue weighted by Crippen LogP contribution is -2.13. The van der Waals surface area contributed by atoms with Gasteiger partial charge in [-0.3, -0.25) is 25.0 Å². The number of hydrogen-bond donors (Lipinski definition) is 2. The summed E-state index contributed by atoms with van der Waals surface area (Å²) in [4.78, 5) is 40.7. The minimum absolute atomic E-state index is 0.0269. The van der Waals surface area contributed by atoms with Crippen LogP contribution in [0.25, 0.3) is 12.2 Å². The van der Waals surface area contributed by atoms with Crippen LogP contribution in [0, 0.1) is 10.1 Å². The van der Waals surface area contributed by atoms with Gasteiger partial charge in [0.25, 0.3) is 5.69 Å². The van der Waals surface area contributed by atoms with Crippen LogP contribution in [0.2, 0.25) is 0 Å². The van der Waals surface area contributed by atoms with E-state index in [0.717, 1.165) is 5.56 Å². The molecule has 9 heteroatoms. The highest BCUT2D eigenvalue weighted by molar-refractivity contribution is 5.91. The van der Waals surface area contributed by atoms with Crippen LogP contribution in [0.4, 0.5) is 17.5 Å². The van der Waals surface area contributed by atoms with E-state index in [0.29, 0.717) is 5.56 Å². The number of nitro benzene ring substituents is 1. The quantitative estimate of drug-likeness (QED) is 0.459. The fourth-order valence-electron chi connectivity index (χ4n) is 2.03. The van der Waals surface area contributed by atoms with E-state index in [1.165, 1.54) is 32.2 Å². The van der Waals surface area contributed by atoms with Crippen molar-refractivity contribution in [3.8, 4) is 0 Å². The van der Waals surface area contributed by atoms with Gasteiger partial charge in [-0.2, -0.15) is 4.98 Å². The van der Waals surface area contributed by atoms with Crippen molar-refractivity contribution >= 4 is 41.4 Å². The molecule has 0 atom stereocenters. The predicted octanol–water partition coefficient (Wildman–Crippen LogP) is 3.03. The number of nitrogens with zero attached hydrogens (tertiary/aromatic N) is 3. The van der Waals surface area contributed by atoms with Gasteiger partial charge in [-0.25, -0.2) is 4.98 Å². The first-order valence-corrected chi connectivity index (χ1v) is 7.86. The summed E-state index contributed by atoms with van der Waals surface area (Å²) < 4.78 is 0. The fourth-order valence-corrected chi connectivity index (χ4v) is 2.03. The van der Waals surface area contributed by atoms with E-state index >= 15 is 0 Å².